The second kappa shape index (κ2) is 9.08. The molecule has 158 valence electrons. The van der Waals surface area contributed by atoms with Crippen LogP contribution in [-0.4, -0.2) is 13.4 Å². The largest absolute Gasteiger partial charge is 0.419 e. The number of oxazole rings is 1. The summed E-state index contributed by atoms with van der Waals surface area (Å²) in [6, 6.07) is 23.9. The lowest BCUT2D eigenvalue weighted by Crippen LogP contribution is -2.07. The lowest BCUT2D eigenvalue weighted by Gasteiger charge is -2.07. The third-order valence-electron chi connectivity index (χ3n) is 4.88. The van der Waals surface area contributed by atoms with Gasteiger partial charge in [0, 0.05) is 16.6 Å². The molecule has 0 aliphatic carbocycles. The van der Waals surface area contributed by atoms with Crippen LogP contribution in [0.4, 0.5) is 5.88 Å². The number of nitrogens with one attached hydrogen (secondary N) is 1. The van der Waals surface area contributed by atoms with Gasteiger partial charge in [0.25, 0.3) is 0 Å². The number of hydrogen-bond donors (Lipinski definition) is 1. The molecule has 31 heavy (non-hydrogen) atoms. The van der Waals surface area contributed by atoms with Crippen molar-refractivity contribution in [1.82, 2.24) is 4.98 Å². The van der Waals surface area contributed by atoms with Crippen molar-refractivity contribution >= 4 is 31.7 Å². The Kier molecular flexibility index (Phi) is 6.25. The van der Waals surface area contributed by atoms with Gasteiger partial charge in [-0.25, -0.2) is 8.42 Å². The summed E-state index contributed by atoms with van der Waals surface area (Å²) in [5.74, 6) is 0.369. The van der Waals surface area contributed by atoms with Crippen molar-refractivity contribution in [2.24, 2.45) is 0 Å². The summed E-state index contributed by atoms with van der Waals surface area (Å²) in [5.41, 5.74) is 2.76. The molecule has 5 nitrogen and oxygen atoms in total. The van der Waals surface area contributed by atoms with E-state index in [9.17, 15) is 8.42 Å². The average molecular weight is 497 g/mol. The fraction of sp³-hybridized carbons (Fsp3) is 0.125. The molecule has 1 aromatic heterocycles. The first kappa shape index (κ1) is 21.3. The lowest BCUT2D eigenvalue weighted by molar-refractivity contribution is 0.576. The molecular formula is C24H21BrN2O3S. The topological polar surface area (TPSA) is 72.2 Å². The van der Waals surface area contributed by atoms with E-state index in [4.69, 9.17) is 4.42 Å². The van der Waals surface area contributed by atoms with Crippen molar-refractivity contribution in [3.05, 3.63) is 94.5 Å². The molecule has 1 N–H and O–H groups in total. The van der Waals surface area contributed by atoms with Crippen molar-refractivity contribution < 1.29 is 12.8 Å². The first-order valence-corrected chi connectivity index (χ1v) is 12.1. The van der Waals surface area contributed by atoms with Gasteiger partial charge in [-0.05, 0) is 53.9 Å². The van der Waals surface area contributed by atoms with Gasteiger partial charge in [0.05, 0.1) is 4.90 Å². The van der Waals surface area contributed by atoms with Crippen molar-refractivity contribution in [1.29, 1.82) is 0 Å². The summed E-state index contributed by atoms with van der Waals surface area (Å²) in [7, 11) is -3.87. The van der Waals surface area contributed by atoms with E-state index in [1.165, 1.54) is 0 Å². The van der Waals surface area contributed by atoms with Crippen LogP contribution in [0, 0.1) is 0 Å². The zero-order chi connectivity index (χ0) is 21.8. The number of anilines is 1. The molecule has 0 amide bonds. The molecule has 0 atom stereocenters. The van der Waals surface area contributed by atoms with E-state index < -0.39 is 9.84 Å². The summed E-state index contributed by atoms with van der Waals surface area (Å²) in [4.78, 5) is 4.56. The third kappa shape index (κ3) is 4.73. The molecule has 0 aliphatic heterocycles. The fourth-order valence-corrected chi connectivity index (χ4v) is 4.65. The van der Waals surface area contributed by atoms with E-state index in [2.05, 4.69) is 26.2 Å². The Labute approximate surface area is 190 Å². The second-order valence-electron chi connectivity index (χ2n) is 7.00. The summed E-state index contributed by atoms with van der Waals surface area (Å²) in [6.07, 6.45) is 0.835. The zero-order valence-corrected chi connectivity index (χ0v) is 19.3. The van der Waals surface area contributed by atoms with Crippen molar-refractivity contribution in [2.75, 3.05) is 5.32 Å². The van der Waals surface area contributed by atoms with Crippen LogP contribution < -0.4 is 5.32 Å². The standard InChI is InChI=1S/C24H21BrN2O3S/c1-2-17-8-14-21(15-9-17)31(28,29)24-23(26-16-18-6-4-3-5-7-18)30-22(27-24)19-10-12-20(25)13-11-19/h3-15,26H,2,16H2,1H3. The Morgan fingerprint density at radius 1 is 0.903 bits per heavy atom. The number of rotatable bonds is 7. The Bertz CT molecular complexity index is 1270. The van der Waals surface area contributed by atoms with Crippen LogP contribution >= 0.6 is 15.9 Å². The van der Waals surface area contributed by atoms with Gasteiger partial charge in [-0.15, -0.1) is 0 Å². The minimum atomic E-state index is -3.87. The van der Waals surface area contributed by atoms with Gasteiger partial charge in [0.1, 0.15) is 0 Å². The fourth-order valence-electron chi connectivity index (χ4n) is 3.11. The van der Waals surface area contributed by atoms with Gasteiger partial charge in [-0.2, -0.15) is 4.98 Å². The summed E-state index contributed by atoms with van der Waals surface area (Å²) >= 11 is 3.40. The first-order valence-electron chi connectivity index (χ1n) is 9.86. The highest BCUT2D eigenvalue weighted by Crippen LogP contribution is 2.33. The Morgan fingerprint density at radius 2 is 1.58 bits per heavy atom. The van der Waals surface area contributed by atoms with Crippen LogP contribution in [0.15, 0.2) is 97.7 Å². The minimum absolute atomic E-state index is 0.120. The molecule has 0 spiro atoms. The number of aryl methyl sites for hydroxylation is 1. The van der Waals surface area contributed by atoms with Crippen molar-refractivity contribution in [2.45, 2.75) is 29.8 Å². The number of benzene rings is 3. The number of halogens is 1. The molecule has 0 unspecified atom stereocenters. The Morgan fingerprint density at radius 3 is 2.23 bits per heavy atom. The van der Waals surface area contributed by atoms with E-state index in [1.807, 2.05) is 73.7 Å². The second-order valence-corrected chi connectivity index (χ2v) is 9.78. The maximum Gasteiger partial charge on any atom is 0.234 e. The minimum Gasteiger partial charge on any atom is -0.419 e. The molecular weight excluding hydrogens is 476 g/mol. The van der Waals surface area contributed by atoms with E-state index in [0.29, 0.717) is 12.1 Å². The predicted octanol–water partition coefficient (Wildman–Crippen LogP) is 6.11. The van der Waals surface area contributed by atoms with E-state index >= 15 is 0 Å². The number of sulfone groups is 1. The number of nitrogens with zero attached hydrogens (tertiary/aromatic N) is 1. The highest BCUT2D eigenvalue weighted by atomic mass is 79.9. The average Bonchev–Trinajstić information content (AvgIpc) is 3.24. The smallest absolute Gasteiger partial charge is 0.234 e. The van der Waals surface area contributed by atoms with Gasteiger partial charge < -0.3 is 9.73 Å². The maximum absolute atomic E-state index is 13.4. The number of hydrogen-bond acceptors (Lipinski definition) is 5. The van der Waals surface area contributed by atoms with Crippen LogP contribution in [0.2, 0.25) is 0 Å². The normalized spacial score (nSPS) is 11.4. The molecule has 7 heteroatoms. The molecule has 1 heterocycles. The SMILES string of the molecule is CCc1ccc(S(=O)(=O)c2nc(-c3ccc(Br)cc3)oc2NCc2ccccc2)cc1. The molecule has 4 rings (SSSR count). The van der Waals surface area contributed by atoms with Gasteiger partial charge in [-0.3, -0.25) is 0 Å². The summed E-state index contributed by atoms with van der Waals surface area (Å²) in [5, 5.41) is 2.99. The van der Waals surface area contributed by atoms with E-state index in [0.717, 1.165) is 22.0 Å². The maximum atomic E-state index is 13.4. The van der Waals surface area contributed by atoms with Gasteiger partial charge in [0.15, 0.2) is 0 Å². The van der Waals surface area contributed by atoms with E-state index in [1.54, 1.807) is 12.1 Å². The molecule has 0 bridgehead atoms. The monoisotopic (exact) mass is 496 g/mol. The van der Waals surface area contributed by atoms with Crippen LogP contribution in [0.25, 0.3) is 11.5 Å². The molecule has 0 aliphatic rings. The van der Waals surface area contributed by atoms with E-state index in [-0.39, 0.29) is 21.7 Å². The Balaban J connectivity index is 1.75. The van der Waals surface area contributed by atoms with Gasteiger partial charge in [-0.1, -0.05) is 65.3 Å². The lowest BCUT2D eigenvalue weighted by atomic mass is 10.2. The highest BCUT2D eigenvalue weighted by Gasteiger charge is 2.28. The third-order valence-corrected chi connectivity index (χ3v) is 7.09. The zero-order valence-electron chi connectivity index (χ0n) is 16.9. The van der Waals surface area contributed by atoms with Crippen LogP contribution in [-0.2, 0) is 22.8 Å². The summed E-state index contributed by atoms with van der Waals surface area (Å²) < 4.78 is 33.6. The van der Waals surface area contributed by atoms with Gasteiger partial charge in [0.2, 0.25) is 26.6 Å². The van der Waals surface area contributed by atoms with Crippen LogP contribution in [0.3, 0.4) is 0 Å². The molecule has 0 saturated carbocycles. The van der Waals surface area contributed by atoms with Crippen LogP contribution in [0.5, 0.6) is 0 Å². The Hall–Kier alpha value is -2.90. The molecule has 4 aromatic rings. The predicted molar refractivity (Wildman–Crippen MR) is 125 cm³/mol. The molecule has 0 fully saturated rings. The quantitative estimate of drug-likeness (QED) is 0.334. The molecule has 3 aromatic carbocycles. The number of aromatic nitrogens is 1. The first-order chi connectivity index (χ1) is 15.0. The summed E-state index contributed by atoms with van der Waals surface area (Å²) in [6.45, 7) is 2.43. The van der Waals surface area contributed by atoms with Gasteiger partial charge >= 0.3 is 0 Å². The van der Waals surface area contributed by atoms with Crippen LogP contribution in [0.1, 0.15) is 18.1 Å². The molecule has 0 saturated heterocycles. The van der Waals surface area contributed by atoms with Crippen molar-refractivity contribution in [3.63, 3.8) is 0 Å². The van der Waals surface area contributed by atoms with Crippen molar-refractivity contribution in [3.8, 4) is 11.5 Å². The highest BCUT2D eigenvalue weighted by molar-refractivity contribution is 9.10. The molecule has 0 radical (unpaired) electrons.